The molecule has 1 aromatic carbocycles. The zero-order valence-electron chi connectivity index (χ0n) is 13.4. The third-order valence-corrected chi connectivity index (χ3v) is 4.34. The van der Waals surface area contributed by atoms with E-state index in [4.69, 9.17) is 5.11 Å². The summed E-state index contributed by atoms with van der Waals surface area (Å²) in [5, 5.41) is 8.83. The van der Waals surface area contributed by atoms with Crippen molar-refractivity contribution in [1.29, 1.82) is 0 Å². The van der Waals surface area contributed by atoms with Gasteiger partial charge in [-0.3, -0.25) is 9.59 Å². The van der Waals surface area contributed by atoms with Gasteiger partial charge in [0.15, 0.2) is 0 Å². The topological polar surface area (TPSA) is 57.6 Å². The third kappa shape index (κ3) is 6.61. The molecule has 0 aromatic heterocycles. The Bertz CT molecular complexity index is 492. The van der Waals surface area contributed by atoms with Crippen LogP contribution in [0.4, 0.5) is 0 Å². The molecule has 2 rings (SSSR count). The minimum absolute atomic E-state index is 0. The highest BCUT2D eigenvalue weighted by Gasteiger charge is 2.26. The number of carboxylic acid groups (broad SMARTS) is 1. The maximum absolute atomic E-state index is 12.4. The predicted octanol–water partition coefficient (Wildman–Crippen LogP) is 3.68. The molecular formula is C18H26ClNO3. The van der Waals surface area contributed by atoms with Gasteiger partial charge in [0, 0.05) is 25.4 Å². The highest BCUT2D eigenvalue weighted by atomic mass is 35.5. The molecule has 1 atom stereocenters. The largest absolute Gasteiger partial charge is 0.481 e. The van der Waals surface area contributed by atoms with Crippen LogP contribution in [0.15, 0.2) is 30.3 Å². The van der Waals surface area contributed by atoms with Gasteiger partial charge in [0.2, 0.25) is 5.91 Å². The lowest BCUT2D eigenvalue weighted by Gasteiger charge is -2.35. The Morgan fingerprint density at radius 2 is 1.87 bits per heavy atom. The lowest BCUT2D eigenvalue weighted by Crippen LogP contribution is -2.43. The fourth-order valence-corrected chi connectivity index (χ4v) is 3.15. The Kier molecular flexibility index (Phi) is 8.70. The Balaban J connectivity index is 0.00000264. The highest BCUT2D eigenvalue weighted by Crippen LogP contribution is 2.22. The average Bonchev–Trinajstić information content (AvgIpc) is 2.54. The fourth-order valence-electron chi connectivity index (χ4n) is 3.15. The molecule has 0 bridgehead atoms. The number of aliphatic carboxylic acids is 1. The minimum Gasteiger partial charge on any atom is -0.481 e. The Hall–Kier alpha value is -1.55. The van der Waals surface area contributed by atoms with E-state index in [0.29, 0.717) is 12.8 Å². The van der Waals surface area contributed by atoms with Gasteiger partial charge in [0.1, 0.15) is 0 Å². The van der Waals surface area contributed by atoms with Crippen molar-refractivity contribution in [1.82, 2.24) is 4.90 Å². The first-order valence-corrected chi connectivity index (χ1v) is 8.22. The van der Waals surface area contributed by atoms with Gasteiger partial charge in [-0.2, -0.15) is 0 Å². The molecule has 1 N–H and O–H groups in total. The molecule has 0 saturated carbocycles. The van der Waals surface area contributed by atoms with Crippen molar-refractivity contribution in [3.05, 3.63) is 35.9 Å². The molecule has 1 amide bonds. The van der Waals surface area contributed by atoms with Crippen LogP contribution in [0.1, 0.15) is 50.5 Å². The number of benzene rings is 1. The summed E-state index contributed by atoms with van der Waals surface area (Å²) in [5.41, 5.74) is 1.26. The van der Waals surface area contributed by atoms with E-state index in [1.165, 1.54) is 5.56 Å². The number of nitrogens with zero attached hydrogens (tertiary/aromatic N) is 1. The summed E-state index contributed by atoms with van der Waals surface area (Å²) in [7, 11) is 0. The molecular weight excluding hydrogens is 314 g/mol. The lowest BCUT2D eigenvalue weighted by molar-refractivity contribution is -0.140. The predicted molar refractivity (Wildman–Crippen MR) is 92.8 cm³/mol. The van der Waals surface area contributed by atoms with Gasteiger partial charge >= 0.3 is 5.97 Å². The Labute approximate surface area is 144 Å². The minimum atomic E-state index is -0.776. The van der Waals surface area contributed by atoms with Crippen LogP contribution >= 0.6 is 12.4 Å². The van der Waals surface area contributed by atoms with Crippen molar-refractivity contribution in [2.24, 2.45) is 0 Å². The van der Waals surface area contributed by atoms with Gasteiger partial charge in [-0.15, -0.1) is 12.4 Å². The number of halogens is 1. The molecule has 23 heavy (non-hydrogen) atoms. The van der Waals surface area contributed by atoms with Crippen LogP contribution in [0.25, 0.3) is 0 Å². The van der Waals surface area contributed by atoms with E-state index in [9.17, 15) is 9.59 Å². The average molecular weight is 340 g/mol. The molecule has 1 unspecified atom stereocenters. The van der Waals surface area contributed by atoms with Crippen molar-refractivity contribution < 1.29 is 14.7 Å². The van der Waals surface area contributed by atoms with Crippen molar-refractivity contribution in [2.75, 3.05) is 6.54 Å². The fraction of sp³-hybridized carbons (Fsp3) is 0.556. The molecule has 1 aliphatic rings. The van der Waals surface area contributed by atoms with Gasteiger partial charge in [-0.05, 0) is 44.1 Å². The second-order valence-corrected chi connectivity index (χ2v) is 6.01. The molecule has 0 aliphatic carbocycles. The first kappa shape index (κ1) is 19.5. The number of rotatable bonds is 7. The van der Waals surface area contributed by atoms with E-state index in [1.807, 2.05) is 23.1 Å². The van der Waals surface area contributed by atoms with Crippen molar-refractivity contribution in [3.63, 3.8) is 0 Å². The zero-order valence-corrected chi connectivity index (χ0v) is 14.3. The van der Waals surface area contributed by atoms with Crippen LogP contribution in [0.3, 0.4) is 0 Å². The number of hydrogen-bond acceptors (Lipinski definition) is 2. The highest BCUT2D eigenvalue weighted by molar-refractivity contribution is 5.85. The molecule has 4 nitrogen and oxygen atoms in total. The Morgan fingerprint density at radius 3 is 2.57 bits per heavy atom. The van der Waals surface area contributed by atoms with Crippen LogP contribution in [-0.4, -0.2) is 34.5 Å². The quantitative estimate of drug-likeness (QED) is 0.824. The first-order chi connectivity index (χ1) is 10.7. The SMILES string of the molecule is Cl.O=C(O)CCC1CCCCN1C(=O)CCCc1ccccc1. The molecule has 128 valence electrons. The molecule has 1 saturated heterocycles. The molecule has 0 radical (unpaired) electrons. The number of hydrogen-bond donors (Lipinski definition) is 1. The second-order valence-electron chi connectivity index (χ2n) is 6.01. The van der Waals surface area contributed by atoms with Gasteiger partial charge in [0.05, 0.1) is 0 Å². The molecule has 1 aliphatic heterocycles. The molecule has 1 heterocycles. The number of amides is 1. The molecule has 0 spiro atoms. The van der Waals surface area contributed by atoms with Gasteiger partial charge < -0.3 is 10.0 Å². The monoisotopic (exact) mass is 339 g/mol. The smallest absolute Gasteiger partial charge is 0.303 e. The van der Waals surface area contributed by atoms with E-state index in [0.717, 1.165) is 38.6 Å². The number of likely N-dealkylation sites (tertiary alicyclic amines) is 1. The standard InChI is InChI=1S/C18H25NO3.ClH/c20-17(11-6-9-15-7-2-1-3-8-15)19-14-5-4-10-16(19)12-13-18(21)22;/h1-3,7-8,16H,4-6,9-14H2,(H,21,22);1H. The summed E-state index contributed by atoms with van der Waals surface area (Å²) in [6.07, 6.45) is 6.13. The second kappa shape index (κ2) is 10.3. The molecule has 1 aromatic rings. The van der Waals surface area contributed by atoms with Gasteiger partial charge in [-0.25, -0.2) is 0 Å². The van der Waals surface area contributed by atoms with E-state index in [-0.39, 0.29) is 30.8 Å². The van der Waals surface area contributed by atoms with E-state index >= 15 is 0 Å². The van der Waals surface area contributed by atoms with Crippen LogP contribution < -0.4 is 0 Å². The van der Waals surface area contributed by atoms with Crippen LogP contribution in [-0.2, 0) is 16.0 Å². The van der Waals surface area contributed by atoms with E-state index < -0.39 is 5.97 Å². The van der Waals surface area contributed by atoms with Crippen LogP contribution in [0.2, 0.25) is 0 Å². The van der Waals surface area contributed by atoms with Crippen molar-refractivity contribution in [3.8, 4) is 0 Å². The summed E-state index contributed by atoms with van der Waals surface area (Å²) in [6, 6.07) is 10.3. The third-order valence-electron chi connectivity index (χ3n) is 4.34. The number of carbonyl (C=O) groups excluding carboxylic acids is 1. The molecule has 5 heteroatoms. The number of carbonyl (C=O) groups is 2. The van der Waals surface area contributed by atoms with Crippen LogP contribution in [0, 0.1) is 0 Å². The lowest BCUT2D eigenvalue weighted by atomic mass is 9.97. The maximum Gasteiger partial charge on any atom is 0.303 e. The first-order valence-electron chi connectivity index (χ1n) is 8.22. The normalized spacial score (nSPS) is 17.4. The van der Waals surface area contributed by atoms with Gasteiger partial charge in [-0.1, -0.05) is 30.3 Å². The summed E-state index contributed by atoms with van der Waals surface area (Å²) < 4.78 is 0. The number of aryl methyl sites for hydroxylation is 1. The van der Waals surface area contributed by atoms with Crippen molar-refractivity contribution in [2.45, 2.75) is 57.4 Å². The Morgan fingerprint density at radius 1 is 1.13 bits per heavy atom. The number of piperidine rings is 1. The van der Waals surface area contributed by atoms with E-state index in [1.54, 1.807) is 0 Å². The maximum atomic E-state index is 12.4. The summed E-state index contributed by atoms with van der Waals surface area (Å²) in [5.74, 6) is -0.590. The summed E-state index contributed by atoms with van der Waals surface area (Å²) >= 11 is 0. The van der Waals surface area contributed by atoms with E-state index in [2.05, 4.69) is 12.1 Å². The van der Waals surface area contributed by atoms with Crippen molar-refractivity contribution >= 4 is 24.3 Å². The van der Waals surface area contributed by atoms with Crippen LogP contribution in [0.5, 0.6) is 0 Å². The summed E-state index contributed by atoms with van der Waals surface area (Å²) in [4.78, 5) is 25.1. The zero-order chi connectivity index (χ0) is 15.8. The number of carboxylic acids is 1. The van der Waals surface area contributed by atoms with Gasteiger partial charge in [0.25, 0.3) is 0 Å². The molecule has 1 fully saturated rings. The summed E-state index contributed by atoms with van der Waals surface area (Å²) in [6.45, 7) is 0.786.